The van der Waals surface area contributed by atoms with E-state index in [0.29, 0.717) is 0 Å². The van der Waals surface area contributed by atoms with Crippen LogP contribution in [0, 0.1) is 0 Å². The van der Waals surface area contributed by atoms with Gasteiger partial charge in [-0.3, -0.25) is 0 Å². The van der Waals surface area contributed by atoms with Gasteiger partial charge in [-0.25, -0.2) is 0 Å². The fraction of sp³-hybridized carbons (Fsp3) is 0. The van der Waals surface area contributed by atoms with Crippen molar-refractivity contribution in [3.8, 4) is 44.5 Å². The highest BCUT2D eigenvalue weighted by Crippen LogP contribution is 2.46. The average molecular weight is 533 g/mol. The third-order valence-corrected chi connectivity index (χ3v) is 8.47. The zero-order chi connectivity index (χ0) is 27.9. The highest BCUT2D eigenvalue weighted by atomic mass is 14.2. The van der Waals surface area contributed by atoms with Crippen LogP contribution in [-0.4, -0.2) is 0 Å². The maximum absolute atomic E-state index is 2.30. The van der Waals surface area contributed by atoms with E-state index in [2.05, 4.69) is 170 Å². The van der Waals surface area contributed by atoms with E-state index >= 15 is 0 Å². The number of rotatable bonds is 4. The Morgan fingerprint density at radius 2 is 0.667 bits per heavy atom. The van der Waals surface area contributed by atoms with Gasteiger partial charge in [0, 0.05) is 0 Å². The van der Waals surface area contributed by atoms with Gasteiger partial charge in [0.05, 0.1) is 0 Å². The third-order valence-electron chi connectivity index (χ3n) is 8.47. The summed E-state index contributed by atoms with van der Waals surface area (Å²) in [6, 6.07) is 61.7. The lowest BCUT2D eigenvalue weighted by atomic mass is 9.83. The molecule has 0 aromatic heterocycles. The SMILES string of the molecule is c1ccc(-c2ccc(-c3c4ccccc4c(-c4cccc5cccc(-c6ccccc6)c45)c4ccccc34)cc2)cc1. The molecule has 0 aliphatic heterocycles. The lowest BCUT2D eigenvalue weighted by Gasteiger charge is -2.20. The van der Waals surface area contributed by atoms with Gasteiger partial charge in [-0.15, -0.1) is 0 Å². The highest BCUT2D eigenvalue weighted by molar-refractivity contribution is 6.24. The molecule has 0 saturated carbocycles. The Morgan fingerprint density at radius 3 is 1.24 bits per heavy atom. The third kappa shape index (κ3) is 4.00. The molecule has 0 atom stereocenters. The fourth-order valence-electron chi connectivity index (χ4n) is 6.60. The molecule has 0 saturated heterocycles. The Labute approximate surface area is 246 Å². The van der Waals surface area contributed by atoms with E-state index in [0.717, 1.165) is 0 Å². The summed E-state index contributed by atoms with van der Waals surface area (Å²) in [6.45, 7) is 0. The van der Waals surface area contributed by atoms with Gasteiger partial charge in [-0.2, -0.15) is 0 Å². The Hall–Kier alpha value is -5.46. The molecule has 8 aromatic rings. The molecule has 0 aliphatic rings. The lowest BCUT2D eigenvalue weighted by Crippen LogP contribution is -1.92. The summed E-state index contributed by atoms with van der Waals surface area (Å²) < 4.78 is 0. The molecule has 0 N–H and O–H groups in total. The highest BCUT2D eigenvalue weighted by Gasteiger charge is 2.19. The minimum Gasteiger partial charge on any atom is -0.0622 e. The van der Waals surface area contributed by atoms with Crippen LogP contribution in [0.1, 0.15) is 0 Å². The Kier molecular flexibility index (Phi) is 5.90. The number of fused-ring (bicyclic) bond motifs is 3. The molecule has 196 valence electrons. The molecule has 0 nitrogen and oxygen atoms in total. The predicted molar refractivity (Wildman–Crippen MR) is 181 cm³/mol. The molecule has 42 heavy (non-hydrogen) atoms. The van der Waals surface area contributed by atoms with Gasteiger partial charge in [0.25, 0.3) is 0 Å². The van der Waals surface area contributed by atoms with Crippen molar-refractivity contribution in [3.05, 3.63) is 170 Å². The number of hydrogen-bond donors (Lipinski definition) is 0. The Bertz CT molecular complexity index is 2140. The second-order valence-electron chi connectivity index (χ2n) is 10.9. The number of hydrogen-bond acceptors (Lipinski definition) is 0. The standard InChI is InChI=1S/C42H28/c1-3-13-29(14-4-1)30-25-27-33(28-26-30)41-35-19-7-9-21-37(35)42(38-22-10-8-20-36(38)41)39-24-12-18-32-17-11-23-34(40(32)39)31-15-5-2-6-16-31/h1-28H. The van der Waals surface area contributed by atoms with Crippen LogP contribution >= 0.6 is 0 Å². The van der Waals surface area contributed by atoms with Crippen molar-refractivity contribution in [2.75, 3.05) is 0 Å². The maximum atomic E-state index is 2.30. The van der Waals surface area contributed by atoms with E-state index in [1.807, 2.05) is 0 Å². The van der Waals surface area contributed by atoms with Crippen molar-refractivity contribution >= 4 is 32.3 Å². The zero-order valence-electron chi connectivity index (χ0n) is 23.2. The summed E-state index contributed by atoms with van der Waals surface area (Å²) >= 11 is 0. The largest absolute Gasteiger partial charge is 0.0622 e. The van der Waals surface area contributed by atoms with E-state index < -0.39 is 0 Å². The van der Waals surface area contributed by atoms with Crippen LogP contribution in [0.4, 0.5) is 0 Å². The van der Waals surface area contributed by atoms with Gasteiger partial charge in [-0.05, 0) is 76.8 Å². The summed E-state index contributed by atoms with van der Waals surface area (Å²) in [6.07, 6.45) is 0. The molecule has 0 bridgehead atoms. The van der Waals surface area contributed by atoms with Crippen LogP contribution in [0.3, 0.4) is 0 Å². The Morgan fingerprint density at radius 1 is 0.238 bits per heavy atom. The quantitative estimate of drug-likeness (QED) is 0.198. The van der Waals surface area contributed by atoms with Crippen molar-refractivity contribution in [2.45, 2.75) is 0 Å². The van der Waals surface area contributed by atoms with Gasteiger partial charge in [0.2, 0.25) is 0 Å². The molecule has 8 aromatic carbocycles. The molecule has 8 rings (SSSR count). The molecule has 0 aliphatic carbocycles. The molecule has 0 unspecified atom stereocenters. The van der Waals surface area contributed by atoms with E-state index in [9.17, 15) is 0 Å². The van der Waals surface area contributed by atoms with Crippen LogP contribution in [0.25, 0.3) is 76.8 Å². The van der Waals surface area contributed by atoms with Crippen molar-refractivity contribution in [3.63, 3.8) is 0 Å². The van der Waals surface area contributed by atoms with Gasteiger partial charge in [-0.1, -0.05) is 170 Å². The molecule has 0 heterocycles. The van der Waals surface area contributed by atoms with Crippen LogP contribution in [0.15, 0.2) is 170 Å². The molecule has 0 radical (unpaired) electrons. The van der Waals surface area contributed by atoms with Gasteiger partial charge in [0.15, 0.2) is 0 Å². The molecule has 0 fully saturated rings. The summed E-state index contributed by atoms with van der Waals surface area (Å²) in [4.78, 5) is 0. The average Bonchev–Trinajstić information content (AvgIpc) is 3.07. The van der Waals surface area contributed by atoms with E-state index in [1.165, 1.54) is 76.8 Å². The van der Waals surface area contributed by atoms with E-state index in [4.69, 9.17) is 0 Å². The normalized spacial score (nSPS) is 11.3. The molecule has 0 amide bonds. The van der Waals surface area contributed by atoms with E-state index in [1.54, 1.807) is 0 Å². The lowest BCUT2D eigenvalue weighted by molar-refractivity contribution is 1.61. The first kappa shape index (κ1) is 24.3. The smallest absolute Gasteiger partial charge is 0.00199 e. The molecule has 0 heteroatoms. The van der Waals surface area contributed by atoms with E-state index in [-0.39, 0.29) is 0 Å². The summed E-state index contributed by atoms with van der Waals surface area (Å²) in [5.74, 6) is 0. The van der Waals surface area contributed by atoms with Gasteiger partial charge in [0.1, 0.15) is 0 Å². The minimum absolute atomic E-state index is 1.23. The Balaban J connectivity index is 1.44. The first-order valence-electron chi connectivity index (χ1n) is 14.5. The van der Waals surface area contributed by atoms with Crippen LogP contribution in [0.2, 0.25) is 0 Å². The van der Waals surface area contributed by atoms with Crippen molar-refractivity contribution in [1.82, 2.24) is 0 Å². The predicted octanol–water partition coefficient (Wildman–Crippen LogP) is 11.8. The summed E-state index contributed by atoms with van der Waals surface area (Å²) in [7, 11) is 0. The molecule has 0 spiro atoms. The van der Waals surface area contributed by atoms with Crippen molar-refractivity contribution < 1.29 is 0 Å². The van der Waals surface area contributed by atoms with Crippen molar-refractivity contribution in [2.24, 2.45) is 0 Å². The summed E-state index contributed by atoms with van der Waals surface area (Å²) in [5, 5.41) is 7.63. The first-order chi connectivity index (χ1) is 20.9. The topological polar surface area (TPSA) is 0 Å². The zero-order valence-corrected chi connectivity index (χ0v) is 23.2. The van der Waals surface area contributed by atoms with Crippen LogP contribution in [-0.2, 0) is 0 Å². The van der Waals surface area contributed by atoms with Gasteiger partial charge < -0.3 is 0 Å². The van der Waals surface area contributed by atoms with Crippen LogP contribution < -0.4 is 0 Å². The fourth-order valence-corrected chi connectivity index (χ4v) is 6.60. The van der Waals surface area contributed by atoms with Gasteiger partial charge >= 0.3 is 0 Å². The molecular weight excluding hydrogens is 504 g/mol. The van der Waals surface area contributed by atoms with Crippen molar-refractivity contribution in [1.29, 1.82) is 0 Å². The molecular formula is C42H28. The second-order valence-corrected chi connectivity index (χ2v) is 10.9. The monoisotopic (exact) mass is 532 g/mol. The summed E-state index contributed by atoms with van der Waals surface area (Å²) in [5.41, 5.74) is 10.0. The second kappa shape index (κ2) is 10.2. The van der Waals surface area contributed by atoms with Crippen LogP contribution in [0.5, 0.6) is 0 Å². The minimum atomic E-state index is 1.23. The maximum Gasteiger partial charge on any atom is -0.00199 e. The number of benzene rings is 8. The first-order valence-corrected chi connectivity index (χ1v) is 14.5.